The van der Waals surface area contributed by atoms with Crippen LogP contribution in [0.3, 0.4) is 0 Å². The van der Waals surface area contributed by atoms with Gasteiger partial charge in [0.15, 0.2) is 11.3 Å². The molecule has 9 heteroatoms. The zero-order valence-electron chi connectivity index (χ0n) is 8.91. The highest BCUT2D eigenvalue weighted by molar-refractivity contribution is 5.95. The van der Waals surface area contributed by atoms with Gasteiger partial charge in [-0.3, -0.25) is 4.79 Å². The lowest BCUT2D eigenvalue weighted by molar-refractivity contribution is -0.142. The summed E-state index contributed by atoms with van der Waals surface area (Å²) in [5.41, 5.74) is -2.86. The topological polar surface area (TPSA) is 76.5 Å². The van der Waals surface area contributed by atoms with Gasteiger partial charge in [0.05, 0.1) is 13.3 Å². The summed E-state index contributed by atoms with van der Waals surface area (Å²) in [4.78, 5) is 24.6. The number of carbonyl (C=O) groups excluding carboxylic acids is 1. The van der Waals surface area contributed by atoms with Crippen molar-refractivity contribution in [3.63, 3.8) is 0 Å². The number of H-pyrrole nitrogens is 1. The van der Waals surface area contributed by atoms with Crippen LogP contribution in [0.5, 0.6) is 0 Å². The molecule has 0 amide bonds. The summed E-state index contributed by atoms with van der Waals surface area (Å²) in [6, 6.07) is 0.362. The average molecular weight is 261 g/mol. The van der Waals surface area contributed by atoms with E-state index in [4.69, 9.17) is 0 Å². The Morgan fingerprint density at radius 1 is 1.50 bits per heavy atom. The number of aromatic amines is 1. The molecule has 2 rings (SSSR count). The molecule has 96 valence electrons. The maximum absolute atomic E-state index is 12.7. The summed E-state index contributed by atoms with van der Waals surface area (Å²) in [5.74, 6) is -0.889. The SMILES string of the molecule is COC(=O)c1cnn2c(C(F)(F)F)cc(=O)[nH]c12. The molecule has 0 fully saturated rings. The highest BCUT2D eigenvalue weighted by Crippen LogP contribution is 2.28. The minimum absolute atomic E-state index is 0.249. The van der Waals surface area contributed by atoms with Crippen LogP contribution in [0.15, 0.2) is 17.1 Å². The number of rotatable bonds is 1. The molecule has 18 heavy (non-hydrogen) atoms. The third kappa shape index (κ3) is 1.83. The van der Waals surface area contributed by atoms with Gasteiger partial charge in [0.1, 0.15) is 5.56 Å². The van der Waals surface area contributed by atoms with Crippen LogP contribution in [0, 0.1) is 0 Å². The van der Waals surface area contributed by atoms with E-state index in [1.807, 2.05) is 0 Å². The number of carbonyl (C=O) groups is 1. The Labute approximate surface area is 97.0 Å². The number of ether oxygens (including phenoxy) is 1. The van der Waals surface area contributed by atoms with Crippen LogP contribution in [0.4, 0.5) is 13.2 Å². The first-order chi connectivity index (χ1) is 8.34. The molecule has 0 radical (unpaired) electrons. The molecule has 2 aromatic rings. The van der Waals surface area contributed by atoms with E-state index in [2.05, 4.69) is 14.8 Å². The minimum atomic E-state index is -4.76. The monoisotopic (exact) mass is 261 g/mol. The molecule has 0 atom stereocenters. The van der Waals surface area contributed by atoms with Crippen LogP contribution in [0.1, 0.15) is 16.1 Å². The number of methoxy groups -OCH3 is 1. The molecule has 0 aliphatic heterocycles. The number of fused-ring (bicyclic) bond motifs is 1. The highest BCUT2D eigenvalue weighted by Gasteiger charge is 2.35. The number of hydrogen-bond donors (Lipinski definition) is 1. The maximum atomic E-state index is 12.7. The third-order valence-corrected chi connectivity index (χ3v) is 2.20. The number of alkyl halides is 3. The van der Waals surface area contributed by atoms with Crippen LogP contribution in [-0.4, -0.2) is 27.7 Å². The van der Waals surface area contributed by atoms with Crippen LogP contribution in [0.25, 0.3) is 5.65 Å². The largest absolute Gasteiger partial charge is 0.465 e. The van der Waals surface area contributed by atoms with Crippen molar-refractivity contribution in [2.75, 3.05) is 7.11 Å². The molecule has 0 saturated heterocycles. The van der Waals surface area contributed by atoms with E-state index >= 15 is 0 Å². The van der Waals surface area contributed by atoms with Crippen molar-refractivity contribution in [3.8, 4) is 0 Å². The molecular formula is C9H6F3N3O3. The summed E-state index contributed by atoms with van der Waals surface area (Å²) >= 11 is 0. The van der Waals surface area contributed by atoms with Gasteiger partial charge in [0.2, 0.25) is 0 Å². The van der Waals surface area contributed by atoms with Crippen molar-refractivity contribution >= 4 is 11.6 Å². The molecule has 0 unspecified atom stereocenters. The van der Waals surface area contributed by atoms with Gasteiger partial charge in [-0.2, -0.15) is 18.3 Å². The standard InChI is InChI=1S/C9H6F3N3O3/c1-18-8(17)4-3-13-15-5(9(10,11)12)2-6(16)14-7(4)15/h2-3H,1H3,(H,14,16). The van der Waals surface area contributed by atoms with E-state index in [0.717, 1.165) is 13.3 Å². The summed E-state index contributed by atoms with van der Waals surface area (Å²) in [6.45, 7) is 0. The van der Waals surface area contributed by atoms with Gasteiger partial charge in [-0.25, -0.2) is 9.31 Å². The van der Waals surface area contributed by atoms with Gasteiger partial charge in [-0.1, -0.05) is 0 Å². The number of nitrogens with one attached hydrogen (secondary N) is 1. The molecule has 0 aromatic carbocycles. The summed E-state index contributed by atoms with van der Waals surface area (Å²) in [5, 5.41) is 3.42. The first-order valence-electron chi connectivity index (χ1n) is 4.61. The van der Waals surface area contributed by atoms with Crippen molar-refractivity contribution < 1.29 is 22.7 Å². The second-order valence-electron chi connectivity index (χ2n) is 3.33. The Hall–Kier alpha value is -2.32. The van der Waals surface area contributed by atoms with Gasteiger partial charge in [0.25, 0.3) is 5.56 Å². The highest BCUT2D eigenvalue weighted by atomic mass is 19.4. The molecule has 0 spiro atoms. The molecule has 0 saturated carbocycles. The van der Waals surface area contributed by atoms with E-state index in [-0.39, 0.29) is 11.2 Å². The molecule has 1 N–H and O–H groups in total. The Kier molecular flexibility index (Phi) is 2.60. The van der Waals surface area contributed by atoms with Gasteiger partial charge >= 0.3 is 12.1 Å². The van der Waals surface area contributed by atoms with Gasteiger partial charge < -0.3 is 9.72 Å². The zero-order chi connectivity index (χ0) is 13.5. The predicted molar refractivity (Wildman–Crippen MR) is 52.2 cm³/mol. The van der Waals surface area contributed by atoms with E-state index in [9.17, 15) is 22.8 Å². The number of aromatic nitrogens is 3. The Morgan fingerprint density at radius 2 is 2.17 bits per heavy atom. The smallest absolute Gasteiger partial charge is 0.433 e. The predicted octanol–water partition coefficient (Wildman–Crippen LogP) is 0.828. The van der Waals surface area contributed by atoms with Crippen LogP contribution in [-0.2, 0) is 10.9 Å². The second-order valence-corrected chi connectivity index (χ2v) is 3.33. The number of hydrogen-bond acceptors (Lipinski definition) is 4. The van der Waals surface area contributed by atoms with Gasteiger partial charge in [-0.15, -0.1) is 0 Å². The normalized spacial score (nSPS) is 11.8. The Morgan fingerprint density at radius 3 is 2.72 bits per heavy atom. The molecular weight excluding hydrogens is 255 g/mol. The second kappa shape index (κ2) is 3.86. The lowest BCUT2D eigenvalue weighted by Gasteiger charge is -2.07. The fourth-order valence-corrected chi connectivity index (χ4v) is 1.45. The summed E-state index contributed by atoms with van der Waals surface area (Å²) < 4.78 is 42.8. The van der Waals surface area contributed by atoms with Crippen LogP contribution in [0.2, 0.25) is 0 Å². The Balaban J connectivity index is 2.81. The minimum Gasteiger partial charge on any atom is -0.465 e. The van der Waals surface area contributed by atoms with Crippen molar-refractivity contribution in [2.45, 2.75) is 6.18 Å². The molecule has 2 heterocycles. The van der Waals surface area contributed by atoms with Crippen molar-refractivity contribution in [2.24, 2.45) is 0 Å². The molecule has 0 bridgehead atoms. The van der Waals surface area contributed by atoms with Crippen LogP contribution < -0.4 is 5.56 Å². The third-order valence-electron chi connectivity index (χ3n) is 2.20. The number of halogens is 3. The van der Waals surface area contributed by atoms with E-state index in [0.29, 0.717) is 10.6 Å². The van der Waals surface area contributed by atoms with Crippen molar-refractivity contribution in [3.05, 3.63) is 33.9 Å². The maximum Gasteiger partial charge on any atom is 0.433 e. The molecule has 6 nitrogen and oxygen atoms in total. The fourth-order valence-electron chi connectivity index (χ4n) is 1.45. The molecule has 0 aliphatic rings. The average Bonchev–Trinajstić information content (AvgIpc) is 2.69. The van der Waals surface area contributed by atoms with E-state index in [1.54, 1.807) is 0 Å². The molecule has 2 aromatic heterocycles. The first-order valence-corrected chi connectivity index (χ1v) is 4.61. The first kappa shape index (κ1) is 12.1. The lowest BCUT2D eigenvalue weighted by atomic mass is 10.3. The lowest BCUT2D eigenvalue weighted by Crippen LogP contribution is -2.19. The van der Waals surface area contributed by atoms with Crippen molar-refractivity contribution in [1.82, 2.24) is 14.6 Å². The van der Waals surface area contributed by atoms with Gasteiger partial charge in [-0.05, 0) is 0 Å². The quantitative estimate of drug-likeness (QED) is 0.771. The van der Waals surface area contributed by atoms with E-state index in [1.165, 1.54) is 0 Å². The molecule has 0 aliphatic carbocycles. The number of nitrogens with zero attached hydrogens (tertiary/aromatic N) is 2. The Bertz CT molecular complexity index is 671. The fraction of sp³-hybridized carbons (Fsp3) is 0.222. The summed E-state index contributed by atoms with van der Waals surface area (Å²) in [6.07, 6.45) is -3.86. The van der Waals surface area contributed by atoms with Gasteiger partial charge in [0, 0.05) is 6.07 Å². The van der Waals surface area contributed by atoms with Crippen molar-refractivity contribution in [1.29, 1.82) is 0 Å². The summed E-state index contributed by atoms with van der Waals surface area (Å²) in [7, 11) is 1.07. The van der Waals surface area contributed by atoms with Crippen LogP contribution >= 0.6 is 0 Å². The number of esters is 1. The van der Waals surface area contributed by atoms with E-state index < -0.39 is 23.4 Å². The zero-order valence-corrected chi connectivity index (χ0v) is 8.91.